The molecule has 0 spiro atoms. The average molecular weight is 604 g/mol. The van der Waals surface area contributed by atoms with Gasteiger partial charge in [0.1, 0.15) is 17.1 Å². The van der Waals surface area contributed by atoms with Crippen LogP contribution < -0.4 is 10.6 Å². The number of aromatic nitrogens is 6. The lowest BCUT2D eigenvalue weighted by atomic mass is 10.0. The van der Waals surface area contributed by atoms with Crippen molar-refractivity contribution < 1.29 is 14.4 Å². The van der Waals surface area contributed by atoms with Gasteiger partial charge in [0.15, 0.2) is 11.6 Å². The Morgan fingerprint density at radius 3 is 2.58 bits per heavy atom. The Kier molecular flexibility index (Phi) is 9.70. The molecule has 0 fully saturated rings. The van der Waals surface area contributed by atoms with Crippen molar-refractivity contribution in [1.82, 2.24) is 45.7 Å². The Labute approximate surface area is 254 Å². The number of fused-ring (bicyclic) bond motifs is 2. The molecule has 0 unspecified atom stereocenters. The number of hydrogen-bond donors (Lipinski definition) is 3. The van der Waals surface area contributed by atoms with Crippen LogP contribution in [0.3, 0.4) is 0 Å². The van der Waals surface area contributed by atoms with Gasteiger partial charge in [-0.25, -0.2) is 9.67 Å². The summed E-state index contributed by atoms with van der Waals surface area (Å²) in [5.74, 6) is 1.21. The Morgan fingerprint density at radius 1 is 1.02 bits per heavy atom. The van der Waals surface area contributed by atoms with Crippen molar-refractivity contribution in [2.24, 2.45) is 5.92 Å². The monoisotopic (exact) mass is 603 g/mol. The molecule has 1 aliphatic heterocycles. The molecule has 3 amide bonds. The summed E-state index contributed by atoms with van der Waals surface area (Å²) in [4.78, 5) is 46.9. The topological polar surface area (TPSA) is 151 Å². The highest BCUT2D eigenvalue weighted by molar-refractivity contribution is 7.98. The molecule has 12 nitrogen and oxygen atoms in total. The maximum atomic E-state index is 13.8. The van der Waals surface area contributed by atoms with E-state index >= 15 is 0 Å². The lowest BCUT2D eigenvalue weighted by Crippen LogP contribution is -2.49. The first-order valence-corrected chi connectivity index (χ1v) is 15.9. The molecule has 0 aliphatic carbocycles. The van der Waals surface area contributed by atoms with Crippen LogP contribution in [0.2, 0.25) is 0 Å². The molecule has 2 aromatic heterocycles. The third-order valence-corrected chi connectivity index (χ3v) is 8.15. The average Bonchev–Trinajstić information content (AvgIpc) is 3.66. The molecule has 226 valence electrons. The number of nitrogens with one attached hydrogen (secondary N) is 3. The van der Waals surface area contributed by atoms with E-state index in [1.165, 1.54) is 0 Å². The molecule has 43 heavy (non-hydrogen) atoms. The number of carbonyl (C=O) groups excluding carboxylic acids is 3. The fourth-order valence-electron chi connectivity index (χ4n) is 5.13. The highest BCUT2D eigenvalue weighted by Crippen LogP contribution is 2.25. The Hall–Kier alpha value is -4.26. The van der Waals surface area contributed by atoms with Crippen molar-refractivity contribution in [3.8, 4) is 11.4 Å². The molecular formula is C30H37N9O3S. The summed E-state index contributed by atoms with van der Waals surface area (Å²) in [5, 5.41) is 21.7. The summed E-state index contributed by atoms with van der Waals surface area (Å²) in [7, 11) is 0. The third-order valence-electron chi connectivity index (χ3n) is 7.50. The van der Waals surface area contributed by atoms with Crippen LogP contribution >= 0.6 is 11.8 Å². The van der Waals surface area contributed by atoms with Gasteiger partial charge in [0.05, 0.1) is 12.6 Å². The summed E-state index contributed by atoms with van der Waals surface area (Å²) in [6, 6.07) is 13.7. The van der Waals surface area contributed by atoms with Crippen LogP contribution in [0, 0.1) is 5.92 Å². The maximum Gasteiger partial charge on any atom is 0.253 e. The molecular weight excluding hydrogens is 566 g/mol. The quantitative estimate of drug-likeness (QED) is 0.304. The molecule has 0 radical (unpaired) electrons. The Bertz CT molecular complexity index is 1570. The van der Waals surface area contributed by atoms with Crippen LogP contribution in [0.15, 0.2) is 48.5 Å². The third kappa shape index (κ3) is 7.22. The highest BCUT2D eigenvalue weighted by atomic mass is 32.2. The van der Waals surface area contributed by atoms with E-state index in [1.54, 1.807) is 39.5 Å². The van der Waals surface area contributed by atoms with Crippen LogP contribution in [0.1, 0.15) is 55.3 Å². The number of hydrogen-bond acceptors (Lipinski definition) is 8. The number of H-pyrrole nitrogens is 1. The van der Waals surface area contributed by atoms with Gasteiger partial charge >= 0.3 is 0 Å². The molecule has 5 rings (SSSR count). The minimum Gasteiger partial charge on any atom is -0.344 e. The van der Waals surface area contributed by atoms with Gasteiger partial charge in [-0.15, -0.1) is 0 Å². The van der Waals surface area contributed by atoms with E-state index in [2.05, 4.69) is 26.0 Å². The van der Waals surface area contributed by atoms with Crippen molar-refractivity contribution in [2.45, 2.75) is 51.7 Å². The first-order valence-electron chi connectivity index (χ1n) is 14.5. The van der Waals surface area contributed by atoms with Gasteiger partial charge in [0, 0.05) is 30.6 Å². The predicted molar refractivity (Wildman–Crippen MR) is 165 cm³/mol. The molecule has 0 bridgehead atoms. The van der Waals surface area contributed by atoms with Gasteiger partial charge in [-0.3, -0.25) is 14.4 Å². The van der Waals surface area contributed by atoms with Crippen LogP contribution in [0.5, 0.6) is 0 Å². The van der Waals surface area contributed by atoms with Crippen LogP contribution in [0.25, 0.3) is 22.4 Å². The molecule has 2 atom stereocenters. The lowest BCUT2D eigenvalue weighted by Gasteiger charge is -2.28. The lowest BCUT2D eigenvalue weighted by molar-refractivity contribution is -0.129. The highest BCUT2D eigenvalue weighted by Gasteiger charge is 2.30. The van der Waals surface area contributed by atoms with Crippen molar-refractivity contribution in [3.63, 3.8) is 0 Å². The van der Waals surface area contributed by atoms with Crippen LogP contribution in [-0.4, -0.2) is 83.9 Å². The normalized spacial score (nSPS) is 18.7. The first kappa shape index (κ1) is 30.2. The largest absolute Gasteiger partial charge is 0.344 e. The van der Waals surface area contributed by atoms with E-state index < -0.39 is 12.1 Å². The minimum atomic E-state index is -0.680. The van der Waals surface area contributed by atoms with E-state index in [1.807, 2.05) is 50.4 Å². The molecule has 13 heteroatoms. The van der Waals surface area contributed by atoms with Gasteiger partial charge < -0.3 is 15.5 Å². The number of amides is 3. The van der Waals surface area contributed by atoms with E-state index in [-0.39, 0.29) is 30.1 Å². The second-order valence-corrected chi connectivity index (χ2v) is 11.9. The number of thioether (sulfide) groups is 1. The molecule has 1 aliphatic rings. The smallest absolute Gasteiger partial charge is 0.253 e. The summed E-state index contributed by atoms with van der Waals surface area (Å²) in [6.45, 7) is 5.07. The standard InChI is InChI=1S/C30H37N9O3S/c1-19(2)26-28-33-27(20-8-5-4-6-9-20)36-39(28)16-15-38(30(42)21-11-12-22-24(18-21)35-37-34-22)14-7-10-25(40)31-23(13-17-43-3)29(41)32-26/h4-6,8-9,11-12,18-19,23,26H,7,10,13-17H2,1-3H3,(H,31,40)(H,32,41)(H,34,35,37)/t23-,26+/m0/s1. The zero-order valence-electron chi connectivity index (χ0n) is 24.6. The van der Waals surface area contributed by atoms with E-state index in [9.17, 15) is 14.4 Å². The Morgan fingerprint density at radius 2 is 1.81 bits per heavy atom. The molecule has 0 saturated heterocycles. The molecule has 4 aromatic rings. The fraction of sp³-hybridized carbons (Fsp3) is 0.433. The zero-order valence-corrected chi connectivity index (χ0v) is 25.4. The van der Waals surface area contributed by atoms with Gasteiger partial charge in [-0.1, -0.05) is 44.2 Å². The summed E-state index contributed by atoms with van der Waals surface area (Å²) in [5.41, 5.74) is 2.62. The van der Waals surface area contributed by atoms with Crippen LogP contribution in [0.4, 0.5) is 0 Å². The van der Waals surface area contributed by atoms with E-state index in [4.69, 9.17) is 10.1 Å². The zero-order chi connectivity index (χ0) is 30.3. The summed E-state index contributed by atoms with van der Waals surface area (Å²) >= 11 is 1.62. The van der Waals surface area contributed by atoms with Crippen LogP contribution in [-0.2, 0) is 16.1 Å². The van der Waals surface area contributed by atoms with Gasteiger partial charge in [-0.2, -0.15) is 32.3 Å². The molecule has 3 N–H and O–H groups in total. The summed E-state index contributed by atoms with van der Waals surface area (Å²) < 4.78 is 1.80. The second-order valence-electron chi connectivity index (χ2n) is 10.9. The predicted octanol–water partition coefficient (Wildman–Crippen LogP) is 3.20. The number of benzene rings is 2. The summed E-state index contributed by atoms with van der Waals surface area (Å²) in [6.07, 6.45) is 3.10. The molecule has 0 saturated carbocycles. The number of aromatic amines is 1. The van der Waals surface area contributed by atoms with Gasteiger partial charge in [-0.05, 0) is 49.0 Å². The maximum absolute atomic E-state index is 13.8. The van der Waals surface area contributed by atoms with Crippen molar-refractivity contribution in [2.75, 3.05) is 25.1 Å². The SMILES string of the molecule is CSCC[C@@H]1NC(=O)CCCN(C(=O)c2ccc3n[nH]nc3c2)CCn2nc(-c3ccccc3)nc2[C@@H](C(C)C)NC1=O. The second kappa shape index (κ2) is 13.8. The fourth-order valence-corrected chi connectivity index (χ4v) is 5.60. The van der Waals surface area contributed by atoms with Crippen molar-refractivity contribution in [1.29, 1.82) is 0 Å². The first-order chi connectivity index (χ1) is 20.8. The number of carbonyl (C=O) groups is 3. The van der Waals surface area contributed by atoms with E-state index in [0.29, 0.717) is 60.7 Å². The molecule has 3 heterocycles. The Balaban J connectivity index is 1.51. The minimum absolute atomic E-state index is 0.0211. The number of nitrogens with zero attached hydrogens (tertiary/aromatic N) is 6. The number of rotatable bonds is 6. The van der Waals surface area contributed by atoms with Gasteiger partial charge in [0.2, 0.25) is 11.8 Å². The van der Waals surface area contributed by atoms with Gasteiger partial charge in [0.25, 0.3) is 5.91 Å². The van der Waals surface area contributed by atoms with E-state index in [0.717, 1.165) is 11.3 Å². The van der Waals surface area contributed by atoms with Crippen molar-refractivity contribution >= 4 is 40.5 Å². The van der Waals surface area contributed by atoms with Crippen molar-refractivity contribution in [3.05, 3.63) is 59.9 Å². The molecule has 2 aromatic carbocycles.